The molecule has 0 bridgehead atoms. The van der Waals surface area contributed by atoms with E-state index in [0.717, 1.165) is 30.2 Å². The van der Waals surface area contributed by atoms with Crippen LogP contribution >= 0.6 is 0 Å². The molecule has 0 saturated carbocycles. The Morgan fingerprint density at radius 3 is 3.00 bits per heavy atom. The van der Waals surface area contributed by atoms with Crippen LogP contribution in [-0.2, 0) is 13.0 Å². The Bertz CT molecular complexity index is 497. The maximum absolute atomic E-state index is 5.80. The van der Waals surface area contributed by atoms with E-state index in [2.05, 4.69) is 25.0 Å². The number of anilines is 1. The van der Waals surface area contributed by atoms with E-state index in [1.54, 1.807) is 6.20 Å². The van der Waals surface area contributed by atoms with Crippen molar-refractivity contribution < 1.29 is 0 Å². The molecular formula is C10H14N6. The van der Waals surface area contributed by atoms with Gasteiger partial charge in [-0.2, -0.15) is 5.10 Å². The molecule has 16 heavy (non-hydrogen) atoms. The zero-order chi connectivity index (χ0) is 11.0. The van der Waals surface area contributed by atoms with Gasteiger partial charge in [-0.3, -0.25) is 5.10 Å². The molecule has 1 aliphatic rings. The minimum atomic E-state index is 0.555. The Morgan fingerprint density at radius 2 is 2.19 bits per heavy atom. The molecule has 1 aliphatic heterocycles. The standard InChI is InChI=1S/C10H14N6/c11-9-7(6-12-14-9)10-15-13-8-4-2-1-3-5-16(8)10/h6H,1-5H2,(H3,11,12,14). The molecule has 2 aromatic heterocycles. The lowest BCUT2D eigenvalue weighted by Gasteiger charge is -2.05. The van der Waals surface area contributed by atoms with Gasteiger partial charge in [-0.05, 0) is 12.8 Å². The van der Waals surface area contributed by atoms with Crippen LogP contribution in [-0.4, -0.2) is 25.0 Å². The van der Waals surface area contributed by atoms with E-state index in [1.807, 2.05) is 0 Å². The van der Waals surface area contributed by atoms with Crippen molar-refractivity contribution in [1.29, 1.82) is 0 Å². The van der Waals surface area contributed by atoms with Gasteiger partial charge in [0, 0.05) is 13.0 Å². The fourth-order valence-corrected chi connectivity index (χ4v) is 2.16. The summed E-state index contributed by atoms with van der Waals surface area (Å²) in [6.45, 7) is 0.974. The molecule has 3 heterocycles. The molecule has 2 aromatic rings. The summed E-state index contributed by atoms with van der Waals surface area (Å²) in [7, 11) is 0. The van der Waals surface area contributed by atoms with Crippen LogP contribution in [0.15, 0.2) is 6.20 Å². The molecule has 0 aromatic carbocycles. The van der Waals surface area contributed by atoms with Gasteiger partial charge >= 0.3 is 0 Å². The molecule has 0 unspecified atom stereocenters. The van der Waals surface area contributed by atoms with Gasteiger partial charge < -0.3 is 10.3 Å². The maximum atomic E-state index is 5.80. The molecule has 3 N–H and O–H groups in total. The van der Waals surface area contributed by atoms with Crippen LogP contribution in [0.3, 0.4) is 0 Å². The van der Waals surface area contributed by atoms with Gasteiger partial charge in [0.15, 0.2) is 5.82 Å². The van der Waals surface area contributed by atoms with E-state index in [4.69, 9.17) is 5.73 Å². The van der Waals surface area contributed by atoms with Crippen molar-refractivity contribution in [2.24, 2.45) is 0 Å². The zero-order valence-electron chi connectivity index (χ0n) is 8.98. The lowest BCUT2D eigenvalue weighted by Crippen LogP contribution is -2.03. The summed E-state index contributed by atoms with van der Waals surface area (Å²) < 4.78 is 2.16. The summed E-state index contributed by atoms with van der Waals surface area (Å²) in [6, 6.07) is 0. The lowest BCUT2D eigenvalue weighted by molar-refractivity contribution is 0.637. The van der Waals surface area contributed by atoms with E-state index in [9.17, 15) is 0 Å². The number of nitrogens with one attached hydrogen (secondary N) is 1. The van der Waals surface area contributed by atoms with Crippen molar-refractivity contribution in [3.63, 3.8) is 0 Å². The molecule has 3 rings (SSSR count). The zero-order valence-corrected chi connectivity index (χ0v) is 8.98. The third-order valence-electron chi connectivity index (χ3n) is 3.02. The number of nitrogens with two attached hydrogens (primary N) is 1. The number of rotatable bonds is 1. The molecule has 0 radical (unpaired) electrons. The number of H-pyrrole nitrogens is 1. The van der Waals surface area contributed by atoms with Crippen LogP contribution in [0.4, 0.5) is 5.82 Å². The highest BCUT2D eigenvalue weighted by atomic mass is 15.3. The summed E-state index contributed by atoms with van der Waals surface area (Å²) >= 11 is 0. The molecule has 0 amide bonds. The molecule has 84 valence electrons. The first-order chi connectivity index (χ1) is 7.86. The fraction of sp³-hybridized carbons (Fsp3) is 0.500. The first-order valence-electron chi connectivity index (χ1n) is 5.57. The normalized spacial score (nSPS) is 15.8. The summed E-state index contributed by atoms with van der Waals surface area (Å²) in [6.07, 6.45) is 6.33. The molecule has 0 spiro atoms. The van der Waals surface area contributed by atoms with Crippen molar-refractivity contribution in [3.8, 4) is 11.4 Å². The van der Waals surface area contributed by atoms with Crippen LogP contribution < -0.4 is 5.73 Å². The molecule has 0 saturated heterocycles. The summed E-state index contributed by atoms with van der Waals surface area (Å²) in [5, 5.41) is 15.1. The van der Waals surface area contributed by atoms with E-state index >= 15 is 0 Å². The fourth-order valence-electron chi connectivity index (χ4n) is 2.16. The number of fused-ring (bicyclic) bond motifs is 1. The number of hydrogen-bond acceptors (Lipinski definition) is 4. The number of aromatic nitrogens is 5. The van der Waals surface area contributed by atoms with Crippen molar-refractivity contribution in [3.05, 3.63) is 12.0 Å². The minimum absolute atomic E-state index is 0.555. The molecule has 0 atom stereocenters. The summed E-state index contributed by atoms with van der Waals surface area (Å²) in [5.41, 5.74) is 6.65. The lowest BCUT2D eigenvalue weighted by atomic mass is 10.2. The van der Waals surface area contributed by atoms with Gasteiger partial charge in [0.05, 0.1) is 11.8 Å². The number of nitrogen functional groups attached to an aromatic ring is 1. The molecule has 0 aliphatic carbocycles. The van der Waals surface area contributed by atoms with Gasteiger partial charge in [-0.15, -0.1) is 10.2 Å². The third kappa shape index (κ3) is 1.37. The van der Waals surface area contributed by atoms with Crippen LogP contribution in [0.5, 0.6) is 0 Å². The third-order valence-corrected chi connectivity index (χ3v) is 3.02. The second-order valence-electron chi connectivity index (χ2n) is 4.10. The second-order valence-corrected chi connectivity index (χ2v) is 4.10. The highest BCUT2D eigenvalue weighted by Gasteiger charge is 2.18. The van der Waals surface area contributed by atoms with Gasteiger partial charge in [0.1, 0.15) is 11.6 Å². The predicted molar refractivity (Wildman–Crippen MR) is 59.6 cm³/mol. The largest absolute Gasteiger partial charge is 0.383 e. The molecular weight excluding hydrogens is 204 g/mol. The Kier molecular flexibility index (Phi) is 2.12. The highest BCUT2D eigenvalue weighted by molar-refractivity contribution is 5.67. The van der Waals surface area contributed by atoms with Crippen LogP contribution in [0, 0.1) is 0 Å². The van der Waals surface area contributed by atoms with Crippen molar-refractivity contribution in [2.75, 3.05) is 5.73 Å². The minimum Gasteiger partial charge on any atom is -0.383 e. The maximum Gasteiger partial charge on any atom is 0.169 e. The van der Waals surface area contributed by atoms with Crippen LogP contribution in [0.1, 0.15) is 25.1 Å². The van der Waals surface area contributed by atoms with E-state index in [-0.39, 0.29) is 0 Å². The molecule has 6 heteroatoms. The smallest absolute Gasteiger partial charge is 0.169 e. The Balaban J connectivity index is 2.09. The van der Waals surface area contributed by atoms with E-state index < -0.39 is 0 Å². The first kappa shape index (κ1) is 9.38. The average Bonchev–Trinajstić information content (AvgIpc) is 2.78. The Morgan fingerprint density at radius 1 is 1.25 bits per heavy atom. The van der Waals surface area contributed by atoms with Crippen molar-refractivity contribution in [2.45, 2.75) is 32.2 Å². The second kappa shape index (κ2) is 3.62. The summed E-state index contributed by atoms with van der Waals surface area (Å²) in [4.78, 5) is 0. The Labute approximate surface area is 92.9 Å². The molecule has 6 nitrogen and oxygen atoms in total. The predicted octanol–water partition coefficient (Wildman–Crippen LogP) is 0.977. The van der Waals surface area contributed by atoms with Gasteiger partial charge in [0.2, 0.25) is 0 Å². The van der Waals surface area contributed by atoms with Crippen molar-refractivity contribution >= 4 is 5.82 Å². The van der Waals surface area contributed by atoms with Crippen molar-refractivity contribution in [1.82, 2.24) is 25.0 Å². The first-order valence-corrected chi connectivity index (χ1v) is 5.57. The van der Waals surface area contributed by atoms with Crippen LogP contribution in [0.2, 0.25) is 0 Å². The van der Waals surface area contributed by atoms with Gasteiger partial charge in [-0.1, -0.05) is 6.42 Å². The van der Waals surface area contributed by atoms with E-state index in [0.29, 0.717) is 5.82 Å². The summed E-state index contributed by atoms with van der Waals surface area (Å²) in [5.74, 6) is 2.45. The van der Waals surface area contributed by atoms with Gasteiger partial charge in [0.25, 0.3) is 0 Å². The van der Waals surface area contributed by atoms with Crippen LogP contribution in [0.25, 0.3) is 11.4 Å². The van der Waals surface area contributed by atoms with E-state index in [1.165, 1.54) is 19.3 Å². The number of aromatic amines is 1. The average molecular weight is 218 g/mol. The number of hydrogen-bond donors (Lipinski definition) is 2. The topological polar surface area (TPSA) is 85.4 Å². The SMILES string of the molecule is Nc1[nH]ncc1-c1nnc2n1CCCCC2. The Hall–Kier alpha value is -1.85. The monoisotopic (exact) mass is 218 g/mol. The quantitative estimate of drug-likeness (QED) is 0.747. The van der Waals surface area contributed by atoms with Gasteiger partial charge in [-0.25, -0.2) is 0 Å². The molecule has 0 fully saturated rings. The number of aryl methyl sites for hydroxylation is 1. The number of nitrogens with zero attached hydrogens (tertiary/aromatic N) is 4. The highest BCUT2D eigenvalue weighted by Crippen LogP contribution is 2.25.